The number of pyridine rings is 2. The lowest BCUT2D eigenvalue weighted by Crippen LogP contribution is -2.34. The van der Waals surface area contributed by atoms with Crippen molar-refractivity contribution in [2.24, 2.45) is 0 Å². The molecule has 0 aliphatic carbocycles. The number of likely N-dealkylation sites (tertiary alicyclic amines) is 1. The Labute approximate surface area is 355 Å². The van der Waals surface area contributed by atoms with E-state index in [-0.39, 0.29) is 12.5 Å². The Morgan fingerprint density at radius 2 is 1.41 bits per heavy atom. The van der Waals surface area contributed by atoms with E-state index in [0.29, 0.717) is 58.5 Å². The smallest absolute Gasteiger partial charge is 0.219 e. The molecule has 0 radical (unpaired) electrons. The van der Waals surface area contributed by atoms with Gasteiger partial charge >= 0.3 is 0 Å². The van der Waals surface area contributed by atoms with E-state index in [2.05, 4.69) is 51.0 Å². The van der Waals surface area contributed by atoms with Crippen LogP contribution in [-0.2, 0) is 33.2 Å². The van der Waals surface area contributed by atoms with Crippen molar-refractivity contribution in [2.45, 2.75) is 57.7 Å². The highest BCUT2D eigenvalue weighted by Crippen LogP contribution is 2.13. The zero-order valence-electron chi connectivity index (χ0n) is 36.0. The van der Waals surface area contributed by atoms with Crippen molar-refractivity contribution >= 4 is 18.1 Å². The highest BCUT2D eigenvalue weighted by molar-refractivity contribution is 5.73. The third-order valence-electron chi connectivity index (χ3n) is 7.84. The first-order chi connectivity index (χ1) is 28.6. The number of piperidine rings is 1. The molecule has 3 aliphatic rings. The molecule has 12 heteroatoms. The molecule has 0 spiro atoms. The van der Waals surface area contributed by atoms with Gasteiger partial charge in [-0.2, -0.15) is 4.73 Å². The van der Waals surface area contributed by atoms with Crippen LogP contribution in [0, 0.1) is 5.21 Å². The summed E-state index contributed by atoms with van der Waals surface area (Å²) in [5, 5.41) is 18.8. The molecule has 5 rings (SSSR count). The van der Waals surface area contributed by atoms with Crippen LogP contribution in [0.3, 0.4) is 0 Å². The van der Waals surface area contributed by atoms with Gasteiger partial charge in [0.2, 0.25) is 5.91 Å². The molecule has 3 fully saturated rings. The zero-order chi connectivity index (χ0) is 44.2. The monoisotopic (exact) mass is 824 g/mol. The fourth-order valence-corrected chi connectivity index (χ4v) is 4.56. The summed E-state index contributed by atoms with van der Waals surface area (Å²) in [5.41, 5.74) is 3.18. The first-order valence-electron chi connectivity index (χ1n) is 19.9. The maximum atomic E-state index is 10.8. The summed E-state index contributed by atoms with van der Waals surface area (Å²) in [5.74, 6) is 0.188. The molecule has 59 heavy (non-hydrogen) atoms. The van der Waals surface area contributed by atoms with Gasteiger partial charge in [-0.3, -0.25) is 9.78 Å². The maximum Gasteiger partial charge on any atom is 0.219 e. The molecule has 330 valence electrons. The van der Waals surface area contributed by atoms with Crippen LogP contribution in [-0.4, -0.2) is 119 Å². The quantitative estimate of drug-likeness (QED) is 0.0780. The molecule has 0 aromatic carbocycles. The fourth-order valence-electron chi connectivity index (χ4n) is 4.56. The van der Waals surface area contributed by atoms with Gasteiger partial charge in [-0.25, -0.2) is 0 Å². The van der Waals surface area contributed by atoms with Crippen LogP contribution in [0.1, 0.15) is 56.6 Å². The molecule has 2 aromatic heterocycles. The van der Waals surface area contributed by atoms with E-state index in [1.165, 1.54) is 43.7 Å². The van der Waals surface area contributed by atoms with E-state index in [1.54, 1.807) is 56.8 Å². The van der Waals surface area contributed by atoms with Crippen LogP contribution in [0.15, 0.2) is 125 Å². The number of aliphatic hydroxyl groups excluding tert-OH is 1. The second kappa shape index (κ2) is 43.1. The Bertz CT molecular complexity index is 1330. The van der Waals surface area contributed by atoms with Gasteiger partial charge in [0.1, 0.15) is 0 Å². The summed E-state index contributed by atoms with van der Waals surface area (Å²) >= 11 is 0. The first kappa shape index (κ1) is 56.6. The molecule has 1 amide bonds. The number of methoxy groups -OCH3 is 1. The Hall–Kier alpha value is -4.53. The molecule has 2 aromatic rings. The molecule has 2 atom stereocenters. The maximum absolute atomic E-state index is 10.8. The number of nitrogens with zero attached hydrogens (tertiary/aromatic N) is 3. The number of aliphatic hydroxyl groups is 1. The zero-order valence-corrected chi connectivity index (χ0v) is 36.0. The van der Waals surface area contributed by atoms with Crippen LogP contribution >= 0.6 is 0 Å². The Kier molecular flexibility index (Phi) is 41.3. The lowest BCUT2D eigenvalue weighted by molar-refractivity contribution is -0.605. The average Bonchev–Trinajstić information content (AvgIpc) is 4.01. The minimum atomic E-state index is 0.0709. The highest BCUT2D eigenvalue weighted by atomic mass is 16.5. The van der Waals surface area contributed by atoms with E-state index in [0.717, 1.165) is 55.0 Å². The van der Waals surface area contributed by atoms with E-state index in [9.17, 15) is 10.0 Å². The lowest BCUT2D eigenvalue weighted by atomic mass is 10.1. The van der Waals surface area contributed by atoms with Gasteiger partial charge < -0.3 is 43.6 Å². The largest absolute Gasteiger partial charge is 0.619 e. The average molecular weight is 824 g/mol. The third kappa shape index (κ3) is 37.5. The molecule has 12 nitrogen and oxygen atoms in total. The topological polar surface area (TPSA) is 136 Å². The number of amides is 1. The van der Waals surface area contributed by atoms with Crippen molar-refractivity contribution in [3.63, 3.8) is 0 Å². The number of hydrogen-bond donors (Lipinski definition) is 1. The number of hydrogen-bond acceptors (Lipinski definition) is 10. The van der Waals surface area contributed by atoms with E-state index < -0.39 is 0 Å². The van der Waals surface area contributed by atoms with E-state index in [4.69, 9.17) is 33.5 Å². The predicted molar refractivity (Wildman–Crippen MR) is 241 cm³/mol. The van der Waals surface area contributed by atoms with Gasteiger partial charge in [0.15, 0.2) is 12.4 Å². The van der Waals surface area contributed by atoms with Crippen LogP contribution in [0.25, 0.3) is 12.2 Å². The van der Waals surface area contributed by atoms with Gasteiger partial charge in [-0.15, -0.1) is 26.3 Å². The van der Waals surface area contributed by atoms with E-state index in [1.807, 2.05) is 35.3 Å². The summed E-state index contributed by atoms with van der Waals surface area (Å²) < 4.78 is 30.7. The summed E-state index contributed by atoms with van der Waals surface area (Å²) in [6.07, 6.45) is 24.4. The molecule has 1 N–H and O–H groups in total. The van der Waals surface area contributed by atoms with Gasteiger partial charge in [0.25, 0.3) is 0 Å². The van der Waals surface area contributed by atoms with Crippen LogP contribution in [0.5, 0.6) is 0 Å². The van der Waals surface area contributed by atoms with Gasteiger partial charge in [0.05, 0.1) is 65.1 Å². The number of rotatable bonds is 16. The SMILES string of the molecule is C=C1CCN(C(C)=O)CC1.C=CC1CCCO1.C=CCOCCOC.C=CCOCCOCCO.C=C[C@H]1CCCO1.C=Cc1ccc[n+]([O-])c1.C=Cc1cccnc1. The van der Waals surface area contributed by atoms with Crippen molar-refractivity contribution < 1.29 is 43.1 Å². The van der Waals surface area contributed by atoms with E-state index >= 15 is 0 Å². The summed E-state index contributed by atoms with van der Waals surface area (Å²) in [6, 6.07) is 7.35. The van der Waals surface area contributed by atoms with Crippen molar-refractivity contribution in [3.05, 3.63) is 141 Å². The van der Waals surface area contributed by atoms with Crippen molar-refractivity contribution in [3.8, 4) is 0 Å². The molecule has 5 heterocycles. The lowest BCUT2D eigenvalue weighted by Gasteiger charge is -2.26. The Balaban J connectivity index is 0. The van der Waals surface area contributed by atoms with Gasteiger partial charge in [0, 0.05) is 64.4 Å². The molecular formula is C47H73N3O9. The van der Waals surface area contributed by atoms with Crippen LogP contribution < -0.4 is 4.73 Å². The summed E-state index contributed by atoms with van der Waals surface area (Å²) in [4.78, 5) is 16.6. The molecule has 3 saturated heterocycles. The number of carbonyl (C=O) groups excluding carboxylic acids is 1. The Morgan fingerprint density at radius 1 is 0.864 bits per heavy atom. The number of carbonyl (C=O) groups is 1. The second-order valence-corrected chi connectivity index (χ2v) is 12.6. The van der Waals surface area contributed by atoms with Crippen LogP contribution in [0.2, 0.25) is 0 Å². The molecular weight excluding hydrogens is 751 g/mol. The fraction of sp³-hybridized carbons (Fsp3) is 0.468. The first-order valence-corrected chi connectivity index (χ1v) is 19.9. The van der Waals surface area contributed by atoms with Crippen molar-refractivity contribution in [1.82, 2.24) is 9.88 Å². The molecule has 3 aliphatic heterocycles. The van der Waals surface area contributed by atoms with Gasteiger partial charge in [-0.1, -0.05) is 67.8 Å². The Morgan fingerprint density at radius 3 is 1.76 bits per heavy atom. The molecule has 1 unspecified atom stereocenters. The third-order valence-corrected chi connectivity index (χ3v) is 7.84. The predicted octanol–water partition coefficient (Wildman–Crippen LogP) is 7.61. The van der Waals surface area contributed by atoms with Gasteiger partial charge in [-0.05, 0) is 56.2 Å². The minimum Gasteiger partial charge on any atom is -0.619 e. The summed E-state index contributed by atoms with van der Waals surface area (Å²) in [6.45, 7) is 34.5. The number of aromatic nitrogens is 2. The second-order valence-electron chi connectivity index (χ2n) is 12.6. The van der Waals surface area contributed by atoms with Crippen molar-refractivity contribution in [1.29, 1.82) is 0 Å². The highest BCUT2D eigenvalue weighted by Gasteiger charge is 2.13. The normalized spacial score (nSPS) is 15.9. The minimum absolute atomic E-state index is 0.0709. The van der Waals surface area contributed by atoms with Crippen molar-refractivity contribution in [2.75, 3.05) is 86.3 Å². The van der Waals surface area contributed by atoms with Crippen LogP contribution in [0.4, 0.5) is 0 Å². The molecule has 0 saturated carbocycles. The number of ether oxygens (including phenoxy) is 6. The summed E-state index contributed by atoms with van der Waals surface area (Å²) in [7, 11) is 1.65. The standard InChI is InChI=1S/C8H13NO.C7H7NO.C7H7N.C7H14O3.C6H12O2.2C6H10O/c1-7-3-5-9(6-4-7)8(2)10;1-2-7-4-3-5-8(9)6-7;1-2-7-4-3-5-8-6-7;1-2-4-9-6-7-10-5-3-8;1-3-4-8-6-5-7-2;2*1-2-6-4-3-5-7-6/h1,3-6H2,2H3;2-6H,1H2;2-6H,1H2;2,8H,1,3-7H2;3H,1,4-6H2,2H3;2*2,6H,1,3-5H2/t;;;;;6-;/m.....0./s1. The molecule has 0 bridgehead atoms.